The first-order chi connectivity index (χ1) is 7.17. The van der Waals surface area contributed by atoms with Crippen LogP contribution in [0.2, 0.25) is 0 Å². The maximum Gasteiger partial charge on any atom is 0.252 e. The number of carbonyl (C=O) groups excluding carboxylic acids is 1. The molecule has 0 saturated heterocycles. The van der Waals surface area contributed by atoms with E-state index >= 15 is 0 Å². The number of nitrogens with one attached hydrogen (secondary N) is 1. The Morgan fingerprint density at radius 3 is 2.93 bits per heavy atom. The summed E-state index contributed by atoms with van der Waals surface area (Å²) in [7, 11) is 0. The highest BCUT2D eigenvalue weighted by atomic mass is 79.9. The van der Waals surface area contributed by atoms with Crippen molar-refractivity contribution in [3.05, 3.63) is 20.8 Å². The quantitative estimate of drug-likeness (QED) is 0.903. The lowest BCUT2D eigenvalue weighted by Gasteiger charge is -2.14. The van der Waals surface area contributed by atoms with E-state index < -0.39 is 0 Å². The van der Waals surface area contributed by atoms with Crippen LogP contribution in [0, 0.1) is 0 Å². The summed E-state index contributed by atoms with van der Waals surface area (Å²) in [5, 5.41) is 4.89. The Morgan fingerprint density at radius 1 is 1.73 bits per heavy atom. The van der Waals surface area contributed by atoms with Crippen LogP contribution in [0.15, 0.2) is 15.2 Å². The molecule has 5 heteroatoms. The fourth-order valence-corrected chi connectivity index (χ4v) is 3.02. The van der Waals surface area contributed by atoms with Gasteiger partial charge in [-0.25, -0.2) is 0 Å². The number of thioether (sulfide) groups is 1. The molecule has 1 N–H and O–H groups in total. The van der Waals surface area contributed by atoms with Crippen molar-refractivity contribution in [1.29, 1.82) is 0 Å². The standard InChI is InChI=1S/C10H14BrNOS2/c1-3-8(6-14-2)12-10(13)7-4-9(11)15-5-7/h4-5,8H,3,6H2,1-2H3,(H,12,13). The zero-order valence-electron chi connectivity index (χ0n) is 8.75. The lowest BCUT2D eigenvalue weighted by molar-refractivity contribution is 0.0940. The molecule has 84 valence electrons. The molecule has 0 aromatic carbocycles. The van der Waals surface area contributed by atoms with Crippen molar-refractivity contribution >= 4 is 44.9 Å². The Hall–Kier alpha value is -0.000000000000000111. The van der Waals surface area contributed by atoms with Gasteiger partial charge in [0.15, 0.2) is 0 Å². The van der Waals surface area contributed by atoms with Crippen molar-refractivity contribution in [3.63, 3.8) is 0 Å². The molecule has 1 amide bonds. The number of amides is 1. The molecule has 1 rings (SSSR count). The average molecular weight is 308 g/mol. The predicted molar refractivity (Wildman–Crippen MR) is 71.9 cm³/mol. The van der Waals surface area contributed by atoms with Crippen LogP contribution < -0.4 is 5.32 Å². The van der Waals surface area contributed by atoms with Crippen LogP contribution >= 0.6 is 39.0 Å². The highest BCUT2D eigenvalue weighted by Crippen LogP contribution is 2.20. The first kappa shape index (κ1) is 13.1. The summed E-state index contributed by atoms with van der Waals surface area (Å²) < 4.78 is 0.991. The van der Waals surface area contributed by atoms with E-state index in [4.69, 9.17) is 0 Å². The summed E-state index contributed by atoms with van der Waals surface area (Å²) in [6.45, 7) is 2.09. The summed E-state index contributed by atoms with van der Waals surface area (Å²) in [6, 6.07) is 2.12. The topological polar surface area (TPSA) is 29.1 Å². The molecule has 2 nitrogen and oxygen atoms in total. The molecule has 0 aliphatic rings. The van der Waals surface area contributed by atoms with Gasteiger partial charge in [0.05, 0.1) is 9.35 Å². The van der Waals surface area contributed by atoms with E-state index in [0.29, 0.717) is 0 Å². The van der Waals surface area contributed by atoms with Crippen LogP contribution in [0.4, 0.5) is 0 Å². The molecular formula is C10H14BrNOS2. The largest absolute Gasteiger partial charge is 0.348 e. The summed E-state index contributed by atoms with van der Waals surface area (Å²) in [6.07, 6.45) is 3.02. The van der Waals surface area contributed by atoms with Crippen molar-refractivity contribution in [2.75, 3.05) is 12.0 Å². The van der Waals surface area contributed by atoms with E-state index in [9.17, 15) is 4.79 Å². The Morgan fingerprint density at radius 2 is 2.47 bits per heavy atom. The number of thiophene rings is 1. The minimum atomic E-state index is 0.0258. The van der Waals surface area contributed by atoms with Crippen molar-refractivity contribution in [3.8, 4) is 0 Å². The van der Waals surface area contributed by atoms with Crippen LogP contribution in [-0.2, 0) is 0 Å². The first-order valence-electron chi connectivity index (χ1n) is 4.71. The second-order valence-corrected chi connectivity index (χ2v) is 6.37. The molecule has 0 radical (unpaired) electrons. The van der Waals surface area contributed by atoms with E-state index in [1.165, 1.54) is 11.3 Å². The number of rotatable bonds is 5. The molecule has 0 aliphatic heterocycles. The van der Waals surface area contributed by atoms with Crippen LogP contribution in [0.25, 0.3) is 0 Å². The number of hydrogen-bond acceptors (Lipinski definition) is 3. The Kier molecular flexibility index (Phi) is 5.71. The third kappa shape index (κ3) is 4.17. The van der Waals surface area contributed by atoms with E-state index in [1.54, 1.807) is 11.8 Å². The molecule has 1 unspecified atom stereocenters. The fraction of sp³-hybridized carbons (Fsp3) is 0.500. The van der Waals surface area contributed by atoms with Gasteiger partial charge in [0, 0.05) is 17.2 Å². The Bertz CT molecular complexity index is 327. The third-order valence-electron chi connectivity index (χ3n) is 2.03. The van der Waals surface area contributed by atoms with Crippen LogP contribution in [0.3, 0.4) is 0 Å². The van der Waals surface area contributed by atoms with Crippen LogP contribution in [-0.4, -0.2) is 24.0 Å². The summed E-state index contributed by atoms with van der Waals surface area (Å²) in [5.41, 5.74) is 0.742. The summed E-state index contributed by atoms with van der Waals surface area (Å²) in [4.78, 5) is 11.8. The molecule has 1 aromatic rings. The van der Waals surface area contributed by atoms with E-state index in [1.807, 2.05) is 11.4 Å². The molecule has 0 saturated carbocycles. The molecule has 0 bridgehead atoms. The van der Waals surface area contributed by atoms with Gasteiger partial charge in [-0.2, -0.15) is 11.8 Å². The van der Waals surface area contributed by atoms with Gasteiger partial charge in [0.2, 0.25) is 0 Å². The summed E-state index contributed by atoms with van der Waals surface area (Å²) >= 11 is 6.64. The van der Waals surface area contributed by atoms with Crippen molar-refractivity contribution in [2.45, 2.75) is 19.4 Å². The second kappa shape index (κ2) is 6.55. The highest BCUT2D eigenvalue weighted by molar-refractivity contribution is 9.11. The zero-order chi connectivity index (χ0) is 11.3. The number of hydrogen-bond donors (Lipinski definition) is 1. The van der Waals surface area contributed by atoms with Gasteiger partial charge >= 0.3 is 0 Å². The SMILES string of the molecule is CCC(CSC)NC(=O)c1csc(Br)c1. The van der Waals surface area contributed by atoms with Gasteiger partial charge in [-0.3, -0.25) is 4.79 Å². The van der Waals surface area contributed by atoms with Crippen molar-refractivity contribution in [2.24, 2.45) is 0 Å². The Balaban J connectivity index is 2.54. The van der Waals surface area contributed by atoms with Gasteiger partial charge in [0.25, 0.3) is 5.91 Å². The monoisotopic (exact) mass is 307 g/mol. The smallest absolute Gasteiger partial charge is 0.252 e. The molecular weight excluding hydrogens is 294 g/mol. The lowest BCUT2D eigenvalue weighted by Crippen LogP contribution is -2.35. The second-order valence-electron chi connectivity index (χ2n) is 3.17. The molecule has 1 aromatic heterocycles. The minimum Gasteiger partial charge on any atom is -0.348 e. The lowest BCUT2D eigenvalue weighted by atomic mass is 10.2. The Labute approximate surface area is 107 Å². The molecule has 0 spiro atoms. The van der Waals surface area contributed by atoms with Gasteiger partial charge < -0.3 is 5.32 Å². The van der Waals surface area contributed by atoms with Gasteiger partial charge in [-0.15, -0.1) is 11.3 Å². The van der Waals surface area contributed by atoms with Crippen LogP contribution in [0.1, 0.15) is 23.7 Å². The van der Waals surface area contributed by atoms with E-state index in [0.717, 1.165) is 21.5 Å². The fourth-order valence-electron chi connectivity index (χ4n) is 1.16. The highest BCUT2D eigenvalue weighted by Gasteiger charge is 2.12. The van der Waals surface area contributed by atoms with Gasteiger partial charge in [0.1, 0.15) is 0 Å². The molecule has 0 fully saturated rings. The maximum atomic E-state index is 11.8. The van der Waals surface area contributed by atoms with E-state index in [2.05, 4.69) is 34.4 Å². The number of carbonyl (C=O) groups is 1. The van der Waals surface area contributed by atoms with Crippen LogP contribution in [0.5, 0.6) is 0 Å². The minimum absolute atomic E-state index is 0.0258. The van der Waals surface area contributed by atoms with Crippen molar-refractivity contribution < 1.29 is 4.79 Å². The molecule has 1 atom stereocenters. The maximum absolute atomic E-state index is 11.8. The summed E-state index contributed by atoms with van der Waals surface area (Å²) in [5.74, 6) is 0.992. The molecule has 0 aliphatic carbocycles. The first-order valence-corrected chi connectivity index (χ1v) is 7.77. The third-order valence-corrected chi connectivity index (χ3v) is 4.27. The van der Waals surface area contributed by atoms with Gasteiger partial charge in [-0.05, 0) is 34.7 Å². The molecule has 1 heterocycles. The van der Waals surface area contributed by atoms with Gasteiger partial charge in [-0.1, -0.05) is 6.92 Å². The van der Waals surface area contributed by atoms with E-state index in [-0.39, 0.29) is 11.9 Å². The van der Waals surface area contributed by atoms with Crippen molar-refractivity contribution in [1.82, 2.24) is 5.32 Å². The average Bonchev–Trinajstić information content (AvgIpc) is 2.64. The zero-order valence-corrected chi connectivity index (χ0v) is 12.0. The number of halogens is 1. The molecule has 15 heavy (non-hydrogen) atoms. The predicted octanol–water partition coefficient (Wildman–Crippen LogP) is 3.38. The normalized spacial score (nSPS) is 12.5.